The van der Waals surface area contributed by atoms with Crippen molar-refractivity contribution in [1.82, 2.24) is 10.6 Å². The van der Waals surface area contributed by atoms with Gasteiger partial charge in [-0.15, -0.1) is 0 Å². The van der Waals surface area contributed by atoms with Crippen molar-refractivity contribution in [3.63, 3.8) is 0 Å². The lowest BCUT2D eigenvalue weighted by Crippen LogP contribution is -2.48. The van der Waals surface area contributed by atoms with Crippen LogP contribution < -0.4 is 10.6 Å². The molecule has 0 aromatic rings. The molecule has 0 aliphatic heterocycles. The Morgan fingerprint density at radius 2 is 1.95 bits per heavy atom. The van der Waals surface area contributed by atoms with E-state index in [2.05, 4.69) is 17.6 Å². The standard InChI is InChI=1S/C14H26N2O3S/c1-11-4-6-14(7-5-11,12(17)18)10-16-13(19)15-8-3-9-20-2/h11H,3-10H2,1-2H3,(H,17,18)(H2,15,16,19). The number of carboxylic acids is 1. The van der Waals surface area contributed by atoms with E-state index in [0.29, 0.717) is 25.3 Å². The Morgan fingerprint density at radius 3 is 2.50 bits per heavy atom. The molecule has 0 aromatic carbocycles. The largest absolute Gasteiger partial charge is 0.481 e. The third-order valence-electron chi connectivity index (χ3n) is 4.08. The van der Waals surface area contributed by atoms with Crippen LogP contribution in [0.2, 0.25) is 0 Å². The van der Waals surface area contributed by atoms with Crippen molar-refractivity contribution < 1.29 is 14.7 Å². The monoisotopic (exact) mass is 302 g/mol. The summed E-state index contributed by atoms with van der Waals surface area (Å²) in [5.74, 6) is 0.812. The molecule has 0 atom stereocenters. The van der Waals surface area contributed by atoms with Crippen LogP contribution in [0.5, 0.6) is 0 Å². The minimum Gasteiger partial charge on any atom is -0.481 e. The van der Waals surface area contributed by atoms with Crippen LogP contribution in [0.3, 0.4) is 0 Å². The summed E-state index contributed by atoms with van der Waals surface area (Å²) in [6, 6.07) is -0.259. The molecular weight excluding hydrogens is 276 g/mol. The molecule has 3 N–H and O–H groups in total. The number of carbonyl (C=O) groups excluding carboxylic acids is 1. The smallest absolute Gasteiger partial charge is 0.314 e. The molecule has 0 unspecified atom stereocenters. The summed E-state index contributed by atoms with van der Waals surface area (Å²) in [5.41, 5.74) is -0.775. The third kappa shape index (κ3) is 5.23. The van der Waals surface area contributed by atoms with Gasteiger partial charge < -0.3 is 15.7 Å². The molecule has 1 aliphatic rings. The molecule has 1 aliphatic carbocycles. The summed E-state index contributed by atoms with van der Waals surface area (Å²) in [7, 11) is 0. The van der Waals surface area contributed by atoms with Crippen LogP contribution in [0.25, 0.3) is 0 Å². The topological polar surface area (TPSA) is 78.4 Å². The molecule has 1 fully saturated rings. The summed E-state index contributed by atoms with van der Waals surface area (Å²) < 4.78 is 0. The van der Waals surface area contributed by atoms with Crippen LogP contribution in [-0.2, 0) is 4.79 Å². The molecule has 1 saturated carbocycles. The van der Waals surface area contributed by atoms with Gasteiger partial charge in [-0.1, -0.05) is 6.92 Å². The normalized spacial score (nSPS) is 26.0. The summed E-state index contributed by atoms with van der Waals surface area (Å²) in [6.45, 7) is 3.00. The van der Waals surface area contributed by atoms with Crippen molar-refractivity contribution in [1.29, 1.82) is 0 Å². The number of rotatable bonds is 7. The number of carbonyl (C=O) groups is 2. The van der Waals surface area contributed by atoms with Gasteiger partial charge in [-0.25, -0.2) is 4.79 Å². The molecular formula is C14H26N2O3S. The lowest BCUT2D eigenvalue weighted by atomic mass is 9.71. The molecule has 0 bridgehead atoms. The van der Waals surface area contributed by atoms with E-state index in [4.69, 9.17) is 0 Å². The molecule has 1 rings (SSSR count). The Kier molecular flexibility index (Phi) is 7.19. The number of carboxylic acid groups (broad SMARTS) is 1. The maximum Gasteiger partial charge on any atom is 0.314 e. The fraction of sp³-hybridized carbons (Fsp3) is 0.857. The molecule has 0 saturated heterocycles. The molecule has 116 valence electrons. The van der Waals surface area contributed by atoms with E-state index >= 15 is 0 Å². The van der Waals surface area contributed by atoms with E-state index in [-0.39, 0.29) is 12.6 Å². The highest BCUT2D eigenvalue weighted by atomic mass is 32.2. The first-order valence-corrected chi connectivity index (χ1v) is 8.63. The minimum atomic E-state index is -0.785. The molecule has 6 heteroatoms. The van der Waals surface area contributed by atoms with E-state index in [0.717, 1.165) is 25.0 Å². The van der Waals surface area contributed by atoms with E-state index in [1.165, 1.54) is 0 Å². The van der Waals surface area contributed by atoms with Crippen LogP contribution in [-0.4, -0.2) is 42.2 Å². The van der Waals surface area contributed by atoms with Crippen LogP contribution in [0.15, 0.2) is 0 Å². The van der Waals surface area contributed by atoms with Gasteiger partial charge in [-0.2, -0.15) is 11.8 Å². The first-order valence-electron chi connectivity index (χ1n) is 7.24. The van der Waals surface area contributed by atoms with E-state index in [1.54, 1.807) is 11.8 Å². The molecule has 0 heterocycles. The van der Waals surface area contributed by atoms with E-state index in [1.807, 2.05) is 6.26 Å². The summed E-state index contributed by atoms with van der Waals surface area (Å²) in [4.78, 5) is 23.2. The van der Waals surface area contributed by atoms with Gasteiger partial charge in [-0.05, 0) is 50.0 Å². The second kappa shape index (κ2) is 8.39. The fourth-order valence-electron chi connectivity index (χ4n) is 2.51. The van der Waals surface area contributed by atoms with Crippen molar-refractivity contribution >= 4 is 23.8 Å². The third-order valence-corrected chi connectivity index (χ3v) is 4.78. The summed E-state index contributed by atoms with van der Waals surface area (Å²) >= 11 is 1.74. The Morgan fingerprint density at radius 1 is 1.30 bits per heavy atom. The molecule has 0 spiro atoms. The molecule has 2 amide bonds. The Bertz CT molecular complexity index is 328. The SMILES string of the molecule is CSCCCNC(=O)NCC1(C(=O)O)CCC(C)CC1. The van der Waals surface area contributed by atoms with E-state index in [9.17, 15) is 14.7 Å². The molecule has 0 aromatic heterocycles. The number of nitrogens with one attached hydrogen (secondary N) is 2. The maximum atomic E-state index is 11.7. The lowest BCUT2D eigenvalue weighted by Gasteiger charge is -2.35. The zero-order chi connectivity index (χ0) is 15.0. The highest BCUT2D eigenvalue weighted by Gasteiger charge is 2.41. The fourth-order valence-corrected chi connectivity index (χ4v) is 2.94. The van der Waals surface area contributed by atoms with Crippen LogP contribution in [0, 0.1) is 11.3 Å². The van der Waals surface area contributed by atoms with Gasteiger partial charge >= 0.3 is 12.0 Å². The number of hydrogen-bond acceptors (Lipinski definition) is 3. The Balaban J connectivity index is 2.36. The van der Waals surface area contributed by atoms with Gasteiger partial charge in [0.1, 0.15) is 0 Å². The van der Waals surface area contributed by atoms with Crippen LogP contribution in [0.1, 0.15) is 39.0 Å². The lowest BCUT2D eigenvalue weighted by molar-refractivity contribution is -0.151. The highest BCUT2D eigenvalue weighted by molar-refractivity contribution is 7.98. The first-order chi connectivity index (χ1) is 9.50. The van der Waals surface area contributed by atoms with Crippen molar-refractivity contribution in [3.8, 4) is 0 Å². The zero-order valence-corrected chi connectivity index (χ0v) is 13.2. The second-order valence-electron chi connectivity index (χ2n) is 5.72. The quantitative estimate of drug-likeness (QED) is 0.631. The molecule has 0 radical (unpaired) electrons. The summed E-state index contributed by atoms with van der Waals surface area (Å²) in [6.07, 6.45) is 6.09. The van der Waals surface area contributed by atoms with E-state index < -0.39 is 11.4 Å². The Labute approximate surface area is 125 Å². The average Bonchev–Trinajstić information content (AvgIpc) is 2.43. The maximum absolute atomic E-state index is 11.7. The number of urea groups is 1. The first kappa shape index (κ1) is 17.1. The van der Waals surface area contributed by atoms with Crippen molar-refractivity contribution in [2.45, 2.75) is 39.0 Å². The second-order valence-corrected chi connectivity index (χ2v) is 6.71. The minimum absolute atomic E-state index is 0.226. The predicted molar refractivity (Wildman–Crippen MR) is 82.1 cm³/mol. The van der Waals surface area contributed by atoms with Crippen molar-refractivity contribution in [3.05, 3.63) is 0 Å². The number of hydrogen-bond donors (Lipinski definition) is 3. The zero-order valence-electron chi connectivity index (χ0n) is 12.4. The Hall–Kier alpha value is -0.910. The molecule has 5 nitrogen and oxygen atoms in total. The van der Waals surface area contributed by atoms with Gasteiger partial charge in [-0.3, -0.25) is 4.79 Å². The number of amides is 2. The highest BCUT2D eigenvalue weighted by Crippen LogP contribution is 2.38. The average molecular weight is 302 g/mol. The summed E-state index contributed by atoms with van der Waals surface area (Å²) in [5, 5.41) is 15.0. The number of aliphatic carboxylic acids is 1. The van der Waals surface area contributed by atoms with Gasteiger partial charge in [0.05, 0.1) is 5.41 Å². The van der Waals surface area contributed by atoms with Crippen LogP contribution >= 0.6 is 11.8 Å². The van der Waals surface area contributed by atoms with Crippen molar-refractivity contribution in [2.24, 2.45) is 11.3 Å². The van der Waals surface area contributed by atoms with Gasteiger partial charge in [0.25, 0.3) is 0 Å². The molecule has 20 heavy (non-hydrogen) atoms. The van der Waals surface area contributed by atoms with Crippen molar-refractivity contribution in [2.75, 3.05) is 25.1 Å². The van der Waals surface area contributed by atoms with Gasteiger partial charge in [0.15, 0.2) is 0 Å². The van der Waals surface area contributed by atoms with Gasteiger partial charge in [0.2, 0.25) is 0 Å². The number of thioether (sulfide) groups is 1. The van der Waals surface area contributed by atoms with Crippen LogP contribution in [0.4, 0.5) is 4.79 Å². The predicted octanol–water partition coefficient (Wildman–Crippen LogP) is 2.32. The van der Waals surface area contributed by atoms with Gasteiger partial charge in [0, 0.05) is 13.1 Å².